The van der Waals surface area contributed by atoms with Crippen LogP contribution >= 0.6 is 11.6 Å². The van der Waals surface area contributed by atoms with Crippen LogP contribution in [0.25, 0.3) is 0 Å². The molecular weight excluding hydrogens is 294 g/mol. The van der Waals surface area contributed by atoms with E-state index in [-0.39, 0.29) is 22.7 Å². The van der Waals surface area contributed by atoms with Crippen LogP contribution in [0.15, 0.2) is 18.2 Å². The number of amides is 2. The topological polar surface area (TPSA) is 72.9 Å². The Bertz CT molecular complexity index is 564. The minimum atomic E-state index is -1.08. The molecule has 2 N–H and O–H groups in total. The van der Waals surface area contributed by atoms with Crippen LogP contribution in [0.1, 0.15) is 17.3 Å². The van der Waals surface area contributed by atoms with Crippen LogP contribution in [0.4, 0.5) is 10.5 Å². The van der Waals surface area contributed by atoms with E-state index in [1.807, 2.05) is 14.0 Å². The molecule has 7 heteroatoms. The number of carbonyl (C=O) groups is 2. The molecule has 114 valence electrons. The molecular formula is C14H18ClN3O3. The minimum Gasteiger partial charge on any atom is -0.478 e. The van der Waals surface area contributed by atoms with Crippen molar-refractivity contribution in [3.63, 3.8) is 0 Å². The highest BCUT2D eigenvalue weighted by Gasteiger charge is 2.25. The van der Waals surface area contributed by atoms with Crippen LogP contribution < -0.4 is 5.32 Å². The fourth-order valence-electron chi connectivity index (χ4n) is 2.42. The molecule has 0 aliphatic carbocycles. The smallest absolute Gasteiger partial charge is 0.335 e. The van der Waals surface area contributed by atoms with Crippen LogP contribution in [-0.4, -0.2) is 59.6 Å². The van der Waals surface area contributed by atoms with E-state index >= 15 is 0 Å². The lowest BCUT2D eigenvalue weighted by Crippen LogP contribution is -2.53. The summed E-state index contributed by atoms with van der Waals surface area (Å²) in [6.45, 7) is 4.24. The Labute approximate surface area is 128 Å². The summed E-state index contributed by atoms with van der Waals surface area (Å²) in [7, 11) is 2.02. The Kier molecular flexibility index (Phi) is 4.69. The van der Waals surface area contributed by atoms with Gasteiger partial charge in [-0.3, -0.25) is 0 Å². The number of likely N-dealkylation sites (N-methyl/N-ethyl adjacent to an activating group) is 1. The maximum Gasteiger partial charge on any atom is 0.335 e. The molecule has 0 spiro atoms. The van der Waals surface area contributed by atoms with E-state index in [4.69, 9.17) is 16.7 Å². The van der Waals surface area contributed by atoms with Gasteiger partial charge in [-0.15, -0.1) is 0 Å². The van der Waals surface area contributed by atoms with E-state index in [1.165, 1.54) is 18.2 Å². The highest BCUT2D eigenvalue weighted by Crippen LogP contribution is 2.20. The molecule has 2 amide bonds. The van der Waals surface area contributed by atoms with Crippen molar-refractivity contribution in [2.75, 3.05) is 32.0 Å². The van der Waals surface area contributed by atoms with Crippen molar-refractivity contribution in [1.82, 2.24) is 9.80 Å². The predicted molar refractivity (Wildman–Crippen MR) is 81.1 cm³/mol. The van der Waals surface area contributed by atoms with E-state index < -0.39 is 5.97 Å². The molecule has 1 aromatic rings. The Morgan fingerprint density at radius 2 is 2.05 bits per heavy atom. The van der Waals surface area contributed by atoms with Crippen molar-refractivity contribution in [3.05, 3.63) is 28.8 Å². The normalized spacial score (nSPS) is 19.4. The monoisotopic (exact) mass is 311 g/mol. The lowest BCUT2D eigenvalue weighted by molar-refractivity contribution is 0.0696. The fraction of sp³-hybridized carbons (Fsp3) is 0.429. The minimum absolute atomic E-state index is 0.0456. The van der Waals surface area contributed by atoms with Gasteiger partial charge in [0.2, 0.25) is 0 Å². The molecule has 1 unspecified atom stereocenters. The zero-order chi connectivity index (χ0) is 15.6. The molecule has 6 nitrogen and oxygen atoms in total. The fourth-order valence-corrected chi connectivity index (χ4v) is 2.66. The van der Waals surface area contributed by atoms with Crippen LogP contribution in [-0.2, 0) is 0 Å². The van der Waals surface area contributed by atoms with Crippen LogP contribution in [0, 0.1) is 0 Å². The van der Waals surface area contributed by atoms with Gasteiger partial charge in [-0.05, 0) is 32.2 Å². The summed E-state index contributed by atoms with van der Waals surface area (Å²) < 4.78 is 0. The molecule has 2 rings (SSSR count). The van der Waals surface area contributed by atoms with E-state index in [1.54, 1.807) is 4.90 Å². The third-order valence-corrected chi connectivity index (χ3v) is 3.71. The third-order valence-electron chi connectivity index (χ3n) is 3.49. The number of carbonyl (C=O) groups excluding carboxylic acids is 1. The highest BCUT2D eigenvalue weighted by atomic mass is 35.5. The van der Waals surface area contributed by atoms with Crippen LogP contribution in [0.3, 0.4) is 0 Å². The molecule has 21 heavy (non-hydrogen) atoms. The largest absolute Gasteiger partial charge is 0.478 e. The second-order valence-electron chi connectivity index (χ2n) is 5.27. The molecule has 1 atom stereocenters. The molecule has 0 aromatic heterocycles. The van der Waals surface area contributed by atoms with Gasteiger partial charge in [0.05, 0.1) is 5.56 Å². The average molecular weight is 312 g/mol. The number of nitrogens with zero attached hydrogens (tertiary/aromatic N) is 2. The van der Waals surface area contributed by atoms with Crippen LogP contribution in [0.5, 0.6) is 0 Å². The average Bonchev–Trinajstić information content (AvgIpc) is 2.37. The van der Waals surface area contributed by atoms with Gasteiger partial charge in [0, 0.05) is 36.4 Å². The number of halogens is 1. The van der Waals surface area contributed by atoms with E-state index in [0.29, 0.717) is 12.2 Å². The lowest BCUT2D eigenvalue weighted by atomic mass is 10.2. The number of piperazine rings is 1. The maximum absolute atomic E-state index is 12.3. The Morgan fingerprint density at radius 3 is 2.67 bits per heavy atom. The summed E-state index contributed by atoms with van der Waals surface area (Å²) >= 11 is 5.88. The van der Waals surface area contributed by atoms with Gasteiger partial charge >= 0.3 is 12.0 Å². The van der Waals surface area contributed by atoms with Crippen molar-refractivity contribution < 1.29 is 14.7 Å². The molecule has 1 fully saturated rings. The van der Waals surface area contributed by atoms with Gasteiger partial charge in [-0.25, -0.2) is 9.59 Å². The van der Waals surface area contributed by atoms with E-state index in [2.05, 4.69) is 10.2 Å². The summed E-state index contributed by atoms with van der Waals surface area (Å²) in [4.78, 5) is 27.2. The van der Waals surface area contributed by atoms with Crippen molar-refractivity contribution in [1.29, 1.82) is 0 Å². The summed E-state index contributed by atoms with van der Waals surface area (Å²) in [5.41, 5.74) is 0.431. The zero-order valence-electron chi connectivity index (χ0n) is 12.0. The SMILES string of the molecule is CC1CN(C)CCN1C(=O)Nc1cc(Cl)cc(C(=O)O)c1. The number of carboxylic acid groups (broad SMARTS) is 1. The molecule has 0 bridgehead atoms. The number of carboxylic acids is 1. The van der Waals surface area contributed by atoms with Crippen molar-refractivity contribution in [3.8, 4) is 0 Å². The number of nitrogens with one attached hydrogen (secondary N) is 1. The second-order valence-corrected chi connectivity index (χ2v) is 5.70. The molecule has 1 aliphatic rings. The first-order valence-corrected chi connectivity index (χ1v) is 7.04. The van der Waals surface area contributed by atoms with Gasteiger partial charge < -0.3 is 20.2 Å². The molecule has 1 saturated heterocycles. The van der Waals surface area contributed by atoms with Gasteiger partial charge in [-0.1, -0.05) is 11.6 Å². The predicted octanol–water partition coefficient (Wildman–Crippen LogP) is 2.21. The lowest BCUT2D eigenvalue weighted by Gasteiger charge is -2.38. The summed E-state index contributed by atoms with van der Waals surface area (Å²) in [5, 5.41) is 12.0. The summed E-state index contributed by atoms with van der Waals surface area (Å²) in [6, 6.07) is 4.13. The summed E-state index contributed by atoms with van der Waals surface area (Å²) in [6.07, 6.45) is 0. The molecule has 1 aromatic carbocycles. The quantitative estimate of drug-likeness (QED) is 0.878. The second kappa shape index (κ2) is 6.32. The van der Waals surface area contributed by atoms with E-state index in [0.717, 1.165) is 13.1 Å². The number of hydrogen-bond acceptors (Lipinski definition) is 3. The van der Waals surface area contributed by atoms with Gasteiger partial charge in [-0.2, -0.15) is 0 Å². The first-order chi connectivity index (χ1) is 9.86. The Hall–Kier alpha value is -1.79. The van der Waals surface area contributed by atoms with Crippen molar-refractivity contribution in [2.45, 2.75) is 13.0 Å². The molecule has 0 saturated carbocycles. The standard InChI is InChI=1S/C14H18ClN3O3/c1-9-8-17(2)3-4-18(9)14(21)16-12-6-10(13(19)20)5-11(15)7-12/h5-7,9H,3-4,8H2,1-2H3,(H,16,21)(H,19,20). The third kappa shape index (κ3) is 3.86. The number of anilines is 1. The zero-order valence-corrected chi connectivity index (χ0v) is 12.7. The maximum atomic E-state index is 12.3. The molecule has 1 aliphatic heterocycles. The van der Waals surface area contributed by atoms with Gasteiger partial charge in [0.25, 0.3) is 0 Å². The number of aromatic carboxylic acids is 1. The molecule has 0 radical (unpaired) electrons. The Balaban J connectivity index is 2.11. The Morgan fingerprint density at radius 1 is 1.33 bits per heavy atom. The first kappa shape index (κ1) is 15.6. The number of benzene rings is 1. The van der Waals surface area contributed by atoms with Gasteiger partial charge in [0.15, 0.2) is 0 Å². The highest BCUT2D eigenvalue weighted by molar-refractivity contribution is 6.31. The van der Waals surface area contributed by atoms with Crippen LogP contribution in [0.2, 0.25) is 5.02 Å². The van der Waals surface area contributed by atoms with E-state index in [9.17, 15) is 9.59 Å². The number of urea groups is 1. The van der Waals surface area contributed by atoms with Crippen molar-refractivity contribution in [2.24, 2.45) is 0 Å². The summed E-state index contributed by atoms with van der Waals surface area (Å²) in [5.74, 6) is -1.08. The number of rotatable bonds is 2. The van der Waals surface area contributed by atoms with Gasteiger partial charge in [0.1, 0.15) is 0 Å². The van der Waals surface area contributed by atoms with Crippen molar-refractivity contribution >= 4 is 29.3 Å². The molecule has 1 heterocycles. The first-order valence-electron chi connectivity index (χ1n) is 6.67. The number of hydrogen-bond donors (Lipinski definition) is 2.